The van der Waals surface area contributed by atoms with Crippen LogP contribution in [0, 0.1) is 0 Å². The molecule has 77 heavy (non-hydrogen) atoms. The standard InChI is InChI=1S/C71H132O6/c1-4-7-10-13-16-19-22-25-28-31-33-35-37-40-42-45-48-51-54-57-60-63-69(72)75-66-68(77-71(74)65-62-59-56-53-50-47-44-39-30-27-24-21-18-15-12-9-6-3)67-76-70(73)64-61-58-55-52-49-46-43-41-38-36-34-32-29-26-23-20-17-14-11-8-5-2/h18,21,27,30,44,47,68H,4-17,19-20,22-26,28-29,31-43,45-46,48-67H2,1-3H3/b21-18-,30-27-,47-44-. The minimum absolute atomic E-state index is 0.0757. The van der Waals surface area contributed by atoms with E-state index in [4.69, 9.17) is 14.2 Å². The number of esters is 3. The number of ether oxygens (including phenoxy) is 3. The Morgan fingerprint density at radius 1 is 0.260 bits per heavy atom. The van der Waals surface area contributed by atoms with Crippen molar-refractivity contribution in [2.75, 3.05) is 13.2 Å². The zero-order valence-electron chi connectivity index (χ0n) is 52.0. The second-order valence-electron chi connectivity index (χ2n) is 23.5. The third-order valence-corrected chi connectivity index (χ3v) is 15.6. The van der Waals surface area contributed by atoms with Gasteiger partial charge in [0.1, 0.15) is 13.2 Å². The predicted octanol–water partition coefficient (Wildman–Crippen LogP) is 23.6. The van der Waals surface area contributed by atoms with Gasteiger partial charge in [-0.3, -0.25) is 14.4 Å². The third-order valence-electron chi connectivity index (χ3n) is 15.6. The van der Waals surface area contributed by atoms with E-state index in [0.29, 0.717) is 19.3 Å². The quantitative estimate of drug-likeness (QED) is 0.0261. The van der Waals surface area contributed by atoms with Gasteiger partial charge >= 0.3 is 17.9 Å². The Hall–Kier alpha value is -2.37. The molecule has 6 nitrogen and oxygen atoms in total. The van der Waals surface area contributed by atoms with Crippen LogP contribution in [0.5, 0.6) is 0 Å². The monoisotopic (exact) mass is 1080 g/mol. The molecule has 0 aliphatic rings. The largest absolute Gasteiger partial charge is 0.462 e. The van der Waals surface area contributed by atoms with Gasteiger partial charge < -0.3 is 14.2 Å². The summed E-state index contributed by atoms with van der Waals surface area (Å²) in [4.78, 5) is 38.4. The van der Waals surface area contributed by atoms with E-state index in [1.54, 1.807) is 0 Å². The van der Waals surface area contributed by atoms with Crippen molar-refractivity contribution in [3.05, 3.63) is 36.5 Å². The maximum absolute atomic E-state index is 12.9. The number of hydrogen-bond acceptors (Lipinski definition) is 6. The fourth-order valence-electron chi connectivity index (χ4n) is 10.5. The van der Waals surface area contributed by atoms with Gasteiger partial charge in [-0.25, -0.2) is 0 Å². The molecule has 0 aromatic carbocycles. The first kappa shape index (κ1) is 74.6. The van der Waals surface area contributed by atoms with Gasteiger partial charge in [0, 0.05) is 19.3 Å². The van der Waals surface area contributed by atoms with Crippen LogP contribution < -0.4 is 0 Å². The highest BCUT2D eigenvalue weighted by molar-refractivity contribution is 5.71. The second kappa shape index (κ2) is 66.1. The van der Waals surface area contributed by atoms with E-state index >= 15 is 0 Å². The summed E-state index contributed by atoms with van der Waals surface area (Å²) >= 11 is 0. The minimum atomic E-state index is -0.782. The summed E-state index contributed by atoms with van der Waals surface area (Å²) in [5, 5.41) is 0. The molecule has 0 N–H and O–H groups in total. The maximum atomic E-state index is 12.9. The Bertz CT molecular complexity index is 1220. The molecule has 0 aliphatic heterocycles. The molecular formula is C71H132O6. The van der Waals surface area contributed by atoms with Crippen LogP contribution in [-0.2, 0) is 28.6 Å². The molecule has 0 aliphatic carbocycles. The lowest BCUT2D eigenvalue weighted by Crippen LogP contribution is -2.30. The highest BCUT2D eigenvalue weighted by Crippen LogP contribution is 2.18. The van der Waals surface area contributed by atoms with E-state index in [0.717, 1.165) is 83.5 Å². The number of carbonyl (C=O) groups excluding carboxylic acids is 3. The second-order valence-corrected chi connectivity index (χ2v) is 23.5. The molecule has 0 rings (SSSR count). The average molecular weight is 1080 g/mol. The molecule has 0 saturated carbocycles. The minimum Gasteiger partial charge on any atom is -0.462 e. The molecule has 0 spiro atoms. The lowest BCUT2D eigenvalue weighted by molar-refractivity contribution is -0.167. The summed E-state index contributed by atoms with van der Waals surface area (Å²) in [6, 6.07) is 0. The zero-order chi connectivity index (χ0) is 55.7. The van der Waals surface area contributed by atoms with Crippen LogP contribution in [0.25, 0.3) is 0 Å². The van der Waals surface area contributed by atoms with Crippen LogP contribution in [-0.4, -0.2) is 37.2 Å². The Balaban J connectivity index is 4.31. The molecule has 0 atom stereocenters. The van der Waals surface area contributed by atoms with Gasteiger partial charge in [-0.05, 0) is 57.8 Å². The SMILES string of the molecule is CCCCC/C=C\C/C=C\C/C=C\CCCCCCC(=O)OC(COC(=O)CCCCCCCCCCCCCCCCCCCCCCC)COC(=O)CCCCCCCCCCCCCCCCCCCCCCC. The molecule has 0 amide bonds. The fraction of sp³-hybridized carbons (Fsp3) is 0.873. The van der Waals surface area contributed by atoms with Gasteiger partial charge in [0.25, 0.3) is 0 Å². The average Bonchev–Trinajstić information content (AvgIpc) is 3.43. The van der Waals surface area contributed by atoms with Gasteiger partial charge in [-0.2, -0.15) is 0 Å². The smallest absolute Gasteiger partial charge is 0.306 e. The van der Waals surface area contributed by atoms with Crippen molar-refractivity contribution in [1.29, 1.82) is 0 Å². The van der Waals surface area contributed by atoms with Gasteiger partial charge in [0.15, 0.2) is 6.10 Å². The van der Waals surface area contributed by atoms with Gasteiger partial charge in [-0.15, -0.1) is 0 Å². The summed E-state index contributed by atoms with van der Waals surface area (Å²) in [6.07, 6.45) is 81.6. The van der Waals surface area contributed by atoms with Crippen molar-refractivity contribution in [3.63, 3.8) is 0 Å². The van der Waals surface area contributed by atoms with E-state index < -0.39 is 6.10 Å². The molecule has 0 saturated heterocycles. The van der Waals surface area contributed by atoms with E-state index in [9.17, 15) is 14.4 Å². The molecular weight excluding hydrogens is 949 g/mol. The first-order valence-corrected chi connectivity index (χ1v) is 34.5. The molecule has 0 fully saturated rings. The molecule has 0 aromatic rings. The van der Waals surface area contributed by atoms with Crippen molar-refractivity contribution in [1.82, 2.24) is 0 Å². The summed E-state index contributed by atoms with van der Waals surface area (Å²) in [5.41, 5.74) is 0. The highest BCUT2D eigenvalue weighted by Gasteiger charge is 2.19. The Labute approximate surface area is 480 Å². The number of allylic oxidation sites excluding steroid dienone is 6. The Morgan fingerprint density at radius 2 is 0.468 bits per heavy atom. The van der Waals surface area contributed by atoms with Crippen LogP contribution in [0.15, 0.2) is 36.5 Å². The molecule has 0 radical (unpaired) electrons. The van der Waals surface area contributed by atoms with E-state index in [1.165, 1.54) is 257 Å². The van der Waals surface area contributed by atoms with E-state index in [-0.39, 0.29) is 31.1 Å². The Morgan fingerprint density at radius 3 is 0.753 bits per heavy atom. The van der Waals surface area contributed by atoms with E-state index in [2.05, 4.69) is 57.2 Å². The van der Waals surface area contributed by atoms with Crippen LogP contribution in [0.2, 0.25) is 0 Å². The van der Waals surface area contributed by atoms with Gasteiger partial charge in [0.05, 0.1) is 0 Å². The first-order chi connectivity index (χ1) is 38.0. The zero-order valence-corrected chi connectivity index (χ0v) is 52.0. The van der Waals surface area contributed by atoms with E-state index in [1.807, 2.05) is 0 Å². The number of unbranched alkanes of at least 4 members (excludes halogenated alkanes) is 47. The summed E-state index contributed by atoms with van der Waals surface area (Å²) in [7, 11) is 0. The summed E-state index contributed by atoms with van der Waals surface area (Å²) < 4.78 is 17.0. The Kier molecular flexibility index (Phi) is 64.1. The molecule has 0 aromatic heterocycles. The lowest BCUT2D eigenvalue weighted by Gasteiger charge is -2.18. The van der Waals surface area contributed by atoms with Gasteiger partial charge in [-0.1, -0.05) is 340 Å². The summed E-state index contributed by atoms with van der Waals surface area (Å²) in [6.45, 7) is 6.68. The summed E-state index contributed by atoms with van der Waals surface area (Å²) in [5.74, 6) is -0.867. The topological polar surface area (TPSA) is 78.9 Å². The van der Waals surface area contributed by atoms with Crippen molar-refractivity contribution in [3.8, 4) is 0 Å². The van der Waals surface area contributed by atoms with Crippen LogP contribution >= 0.6 is 0 Å². The van der Waals surface area contributed by atoms with Gasteiger partial charge in [0.2, 0.25) is 0 Å². The van der Waals surface area contributed by atoms with Crippen molar-refractivity contribution >= 4 is 17.9 Å². The number of rotatable bonds is 64. The number of hydrogen-bond donors (Lipinski definition) is 0. The predicted molar refractivity (Wildman–Crippen MR) is 335 cm³/mol. The number of carbonyl (C=O) groups is 3. The molecule has 0 heterocycles. The molecule has 0 unspecified atom stereocenters. The van der Waals surface area contributed by atoms with Crippen molar-refractivity contribution in [2.24, 2.45) is 0 Å². The normalized spacial score (nSPS) is 11.8. The molecule has 6 heteroatoms. The van der Waals surface area contributed by atoms with Crippen LogP contribution in [0.1, 0.15) is 380 Å². The highest BCUT2D eigenvalue weighted by atomic mass is 16.6. The van der Waals surface area contributed by atoms with Crippen molar-refractivity contribution in [2.45, 2.75) is 386 Å². The lowest BCUT2D eigenvalue weighted by atomic mass is 10.0. The molecule has 452 valence electrons. The van der Waals surface area contributed by atoms with Crippen LogP contribution in [0.4, 0.5) is 0 Å². The maximum Gasteiger partial charge on any atom is 0.306 e. The first-order valence-electron chi connectivity index (χ1n) is 34.5. The van der Waals surface area contributed by atoms with Crippen LogP contribution in [0.3, 0.4) is 0 Å². The fourth-order valence-corrected chi connectivity index (χ4v) is 10.5. The molecule has 0 bridgehead atoms. The third kappa shape index (κ3) is 64.3. The van der Waals surface area contributed by atoms with Crippen molar-refractivity contribution < 1.29 is 28.6 Å².